The Bertz CT molecular complexity index is 909. The number of nitrogens with zero attached hydrogens (tertiary/aromatic N) is 3. The van der Waals surface area contributed by atoms with Gasteiger partial charge in [-0.15, -0.1) is 0 Å². The summed E-state index contributed by atoms with van der Waals surface area (Å²) in [5.74, 6) is 0. The summed E-state index contributed by atoms with van der Waals surface area (Å²) in [6.07, 6.45) is -2.11. The minimum absolute atomic E-state index is 0.100. The third-order valence-electron chi connectivity index (χ3n) is 4.00. The number of benzene rings is 1. The van der Waals surface area contributed by atoms with Gasteiger partial charge in [-0.1, -0.05) is 11.6 Å². The highest BCUT2D eigenvalue weighted by Crippen LogP contribution is 2.37. The maximum Gasteiger partial charge on any atom is 0.436 e. The van der Waals surface area contributed by atoms with E-state index < -0.39 is 26.8 Å². The lowest BCUT2D eigenvalue weighted by Crippen LogP contribution is -2.33. The molecule has 2 aromatic rings. The fraction of sp³-hybridized carbons (Fsp3) is 0.400. The summed E-state index contributed by atoms with van der Waals surface area (Å²) in [6, 6.07) is 4.71. The van der Waals surface area contributed by atoms with Gasteiger partial charge < -0.3 is 0 Å². The Labute approximate surface area is 148 Å². The number of hydrogen-bond donors (Lipinski definition) is 0. The molecule has 0 amide bonds. The minimum Gasteiger partial charge on any atom is -0.274 e. The van der Waals surface area contributed by atoms with Gasteiger partial charge in [0.2, 0.25) is 0 Å². The Morgan fingerprint density at radius 1 is 1.24 bits per heavy atom. The van der Waals surface area contributed by atoms with Crippen LogP contribution in [-0.2, 0) is 29.7 Å². The lowest BCUT2D eigenvalue weighted by Gasteiger charge is -2.24. The van der Waals surface area contributed by atoms with E-state index in [1.165, 1.54) is 19.2 Å². The van der Waals surface area contributed by atoms with Crippen LogP contribution in [0.4, 0.5) is 18.9 Å². The molecule has 10 heteroatoms. The second-order valence-corrected chi connectivity index (χ2v) is 8.09. The van der Waals surface area contributed by atoms with Crippen LogP contribution in [0.1, 0.15) is 24.1 Å². The molecule has 2 heterocycles. The molecule has 0 fully saturated rings. The topological polar surface area (TPSA) is 55.2 Å². The fourth-order valence-corrected chi connectivity index (χ4v) is 4.83. The Morgan fingerprint density at radius 2 is 1.96 bits per heavy atom. The van der Waals surface area contributed by atoms with Gasteiger partial charge in [-0.2, -0.15) is 18.3 Å². The molecule has 0 atom stereocenters. The summed E-state index contributed by atoms with van der Waals surface area (Å²) < 4.78 is 67.5. The molecule has 3 rings (SSSR count). The third kappa shape index (κ3) is 3.35. The van der Waals surface area contributed by atoms with Gasteiger partial charge in [0.15, 0.2) is 5.69 Å². The smallest absolute Gasteiger partial charge is 0.274 e. The number of aromatic nitrogens is 2. The van der Waals surface area contributed by atoms with Crippen LogP contribution in [0.5, 0.6) is 0 Å². The van der Waals surface area contributed by atoms with E-state index in [9.17, 15) is 21.6 Å². The minimum atomic E-state index is -4.86. The molecule has 0 radical (unpaired) electrons. The fourth-order valence-electron chi connectivity index (χ4n) is 2.91. The highest BCUT2D eigenvalue weighted by Gasteiger charge is 2.43. The van der Waals surface area contributed by atoms with Crippen molar-refractivity contribution in [3.8, 4) is 0 Å². The number of halogens is 4. The Hall–Kier alpha value is -1.74. The number of hydrogen-bond acceptors (Lipinski definition) is 3. The van der Waals surface area contributed by atoms with Crippen LogP contribution in [0.2, 0.25) is 5.02 Å². The first-order chi connectivity index (χ1) is 11.6. The van der Waals surface area contributed by atoms with E-state index in [2.05, 4.69) is 5.10 Å². The summed E-state index contributed by atoms with van der Waals surface area (Å²) in [6.45, 7) is 0.100. The van der Waals surface area contributed by atoms with Gasteiger partial charge in [0.25, 0.3) is 10.0 Å². The van der Waals surface area contributed by atoms with Crippen LogP contribution in [0.25, 0.3) is 0 Å². The second kappa shape index (κ2) is 6.21. The highest BCUT2D eigenvalue weighted by atomic mass is 35.5. The highest BCUT2D eigenvalue weighted by molar-refractivity contribution is 7.92. The van der Waals surface area contributed by atoms with Crippen LogP contribution in [-0.4, -0.2) is 24.7 Å². The quantitative estimate of drug-likeness (QED) is 0.783. The van der Waals surface area contributed by atoms with E-state index in [0.717, 1.165) is 21.6 Å². The lowest BCUT2D eigenvalue weighted by atomic mass is 10.1. The SMILES string of the molecule is Cn1cc(S(=O)(=O)N2CCCCc3cc(Cl)ccc32)c(C(F)(F)F)n1. The Kier molecular flexibility index (Phi) is 4.48. The molecular formula is C15H15ClF3N3O2S. The first-order valence-corrected chi connectivity index (χ1v) is 9.34. The van der Waals surface area contributed by atoms with Crippen LogP contribution >= 0.6 is 11.6 Å². The van der Waals surface area contributed by atoms with Crippen molar-refractivity contribution in [3.05, 3.63) is 40.7 Å². The van der Waals surface area contributed by atoms with E-state index in [1.807, 2.05) is 0 Å². The molecule has 25 heavy (non-hydrogen) atoms. The van der Waals surface area contributed by atoms with Crippen LogP contribution in [0.15, 0.2) is 29.3 Å². The number of alkyl halides is 3. The van der Waals surface area contributed by atoms with Crippen LogP contribution in [0, 0.1) is 0 Å². The van der Waals surface area contributed by atoms with Crippen LogP contribution in [0.3, 0.4) is 0 Å². The summed E-state index contributed by atoms with van der Waals surface area (Å²) in [5, 5.41) is 3.76. The molecule has 0 unspecified atom stereocenters. The number of aryl methyl sites for hydroxylation is 2. The molecule has 0 bridgehead atoms. The Balaban J connectivity index is 2.16. The zero-order valence-corrected chi connectivity index (χ0v) is 14.8. The summed E-state index contributed by atoms with van der Waals surface area (Å²) in [4.78, 5) is -0.842. The largest absolute Gasteiger partial charge is 0.436 e. The molecule has 1 aliphatic heterocycles. The molecular weight excluding hydrogens is 379 g/mol. The molecule has 5 nitrogen and oxygen atoms in total. The lowest BCUT2D eigenvalue weighted by molar-refractivity contribution is -0.143. The number of anilines is 1. The molecule has 0 aliphatic carbocycles. The van der Waals surface area contributed by atoms with Gasteiger partial charge >= 0.3 is 6.18 Å². The van der Waals surface area contributed by atoms with Crippen molar-refractivity contribution in [2.75, 3.05) is 10.8 Å². The molecule has 0 saturated heterocycles. The van der Waals surface area contributed by atoms with Crippen molar-refractivity contribution < 1.29 is 21.6 Å². The third-order valence-corrected chi connectivity index (χ3v) is 6.05. The maximum atomic E-state index is 13.2. The first kappa shape index (κ1) is 18.1. The van der Waals surface area contributed by atoms with Gasteiger partial charge in [-0.05, 0) is 43.0 Å². The van der Waals surface area contributed by atoms with Crippen molar-refractivity contribution in [2.45, 2.75) is 30.3 Å². The predicted molar refractivity (Wildman–Crippen MR) is 87.1 cm³/mol. The second-order valence-electron chi connectivity index (χ2n) is 5.82. The standard InChI is InChI=1S/C15H15ClF3N3O2S/c1-21-9-13(14(20-21)15(17,18)19)25(23,24)22-7-3-2-4-10-8-11(16)5-6-12(10)22/h5-6,8-9H,2-4,7H2,1H3. The van der Waals surface area contributed by atoms with Crippen molar-refractivity contribution >= 4 is 27.3 Å². The van der Waals surface area contributed by atoms with Crippen molar-refractivity contribution in [3.63, 3.8) is 0 Å². The summed E-state index contributed by atoms with van der Waals surface area (Å²) in [5.41, 5.74) is -0.348. The van der Waals surface area contributed by atoms with Crippen molar-refractivity contribution in [1.29, 1.82) is 0 Å². The summed E-state index contributed by atoms with van der Waals surface area (Å²) >= 11 is 5.97. The molecule has 0 saturated carbocycles. The van der Waals surface area contributed by atoms with Crippen molar-refractivity contribution in [2.24, 2.45) is 7.05 Å². The normalized spacial score (nSPS) is 15.8. The predicted octanol–water partition coefficient (Wildman–Crippen LogP) is 3.62. The van der Waals surface area contributed by atoms with E-state index in [0.29, 0.717) is 29.1 Å². The van der Waals surface area contributed by atoms with Gasteiger partial charge in [-0.3, -0.25) is 8.99 Å². The summed E-state index contributed by atoms with van der Waals surface area (Å²) in [7, 11) is -3.16. The van der Waals surface area contributed by atoms with E-state index in [1.54, 1.807) is 6.07 Å². The van der Waals surface area contributed by atoms with E-state index >= 15 is 0 Å². The zero-order valence-electron chi connectivity index (χ0n) is 13.2. The molecule has 1 aromatic carbocycles. The molecule has 0 spiro atoms. The van der Waals surface area contributed by atoms with E-state index in [4.69, 9.17) is 11.6 Å². The number of rotatable bonds is 2. The van der Waals surface area contributed by atoms with Gasteiger partial charge in [-0.25, -0.2) is 8.42 Å². The van der Waals surface area contributed by atoms with Crippen molar-refractivity contribution in [1.82, 2.24) is 9.78 Å². The van der Waals surface area contributed by atoms with Gasteiger partial charge in [0.05, 0.1) is 5.69 Å². The number of fused-ring (bicyclic) bond motifs is 1. The monoisotopic (exact) mass is 393 g/mol. The number of sulfonamides is 1. The molecule has 0 N–H and O–H groups in total. The average Bonchev–Trinajstić information content (AvgIpc) is 2.79. The van der Waals surface area contributed by atoms with Gasteiger partial charge in [0.1, 0.15) is 4.90 Å². The van der Waals surface area contributed by atoms with E-state index in [-0.39, 0.29) is 6.54 Å². The average molecular weight is 394 g/mol. The van der Waals surface area contributed by atoms with Crippen LogP contribution < -0.4 is 4.31 Å². The first-order valence-electron chi connectivity index (χ1n) is 7.53. The Morgan fingerprint density at radius 3 is 2.64 bits per heavy atom. The molecule has 136 valence electrons. The molecule has 1 aliphatic rings. The van der Waals surface area contributed by atoms with Gasteiger partial charge in [0, 0.05) is 24.8 Å². The zero-order chi connectivity index (χ0) is 18.4. The molecule has 1 aromatic heterocycles. The maximum absolute atomic E-state index is 13.2.